The molecule has 1 heterocycles. The number of halogens is 1. The number of anilines is 1. The molecule has 1 aliphatic rings. The van der Waals surface area contributed by atoms with E-state index in [2.05, 4.69) is 5.32 Å². The summed E-state index contributed by atoms with van der Waals surface area (Å²) in [6.45, 7) is 0. The summed E-state index contributed by atoms with van der Waals surface area (Å²) in [6, 6.07) is 5.85. The molecule has 1 N–H and O–H groups in total. The van der Waals surface area contributed by atoms with Gasteiger partial charge in [-0.1, -0.05) is 12.1 Å². The van der Waals surface area contributed by atoms with Crippen molar-refractivity contribution in [2.75, 3.05) is 19.4 Å². The highest BCUT2D eigenvalue weighted by atomic mass is 35.5. The number of hydrogen-bond acceptors (Lipinski definition) is 2. The molecule has 0 saturated carbocycles. The number of nitrogens with zero attached hydrogens (tertiary/aromatic N) is 1. The molecule has 1 atom stereocenters. The molecule has 1 aromatic rings. The van der Waals surface area contributed by atoms with Crippen LogP contribution in [0.1, 0.15) is 16.6 Å². The minimum atomic E-state index is -0.147. The smallest absolute Gasteiger partial charge is 0.228 e. The third-order valence-corrected chi connectivity index (χ3v) is 3.13. The second kappa shape index (κ2) is 3.83. The Kier molecular flexibility index (Phi) is 2.67. The fraction of sp³-hybridized carbons (Fsp3) is 0.364. The number of nitrogens with one attached hydrogen (secondary N) is 1. The number of benzene rings is 1. The van der Waals surface area contributed by atoms with Crippen LogP contribution in [-0.2, 0) is 11.2 Å². The van der Waals surface area contributed by atoms with Crippen LogP contribution >= 0.6 is 11.6 Å². The predicted molar refractivity (Wildman–Crippen MR) is 61.1 cm³/mol. The van der Waals surface area contributed by atoms with Crippen LogP contribution in [0.2, 0.25) is 0 Å². The van der Waals surface area contributed by atoms with E-state index in [1.54, 1.807) is 0 Å². The van der Waals surface area contributed by atoms with E-state index in [9.17, 15) is 4.79 Å². The zero-order valence-corrected chi connectivity index (χ0v) is 9.51. The summed E-state index contributed by atoms with van der Waals surface area (Å²) in [5, 5.41) is 2.80. The second-order valence-corrected chi connectivity index (χ2v) is 4.35. The van der Waals surface area contributed by atoms with Gasteiger partial charge in [-0.15, -0.1) is 11.6 Å². The molecule has 1 aliphatic heterocycles. The SMILES string of the molecule is CN(C)C(Cl)c1ccc2c(c1)CC(=O)N2. The molecule has 1 aromatic carbocycles. The largest absolute Gasteiger partial charge is 0.326 e. The van der Waals surface area contributed by atoms with Crippen LogP contribution in [0.5, 0.6) is 0 Å². The van der Waals surface area contributed by atoms with Gasteiger partial charge in [-0.3, -0.25) is 9.69 Å². The van der Waals surface area contributed by atoms with Gasteiger partial charge in [0.05, 0.1) is 6.42 Å². The molecule has 2 rings (SSSR count). The summed E-state index contributed by atoms with van der Waals surface area (Å²) in [6.07, 6.45) is 0.459. The summed E-state index contributed by atoms with van der Waals surface area (Å²) in [7, 11) is 3.85. The average molecular weight is 225 g/mol. The molecule has 0 bridgehead atoms. The summed E-state index contributed by atoms with van der Waals surface area (Å²) in [5.41, 5.74) is 2.82. The maximum atomic E-state index is 11.2. The van der Waals surface area contributed by atoms with E-state index in [4.69, 9.17) is 11.6 Å². The molecular weight excluding hydrogens is 212 g/mol. The molecular formula is C11H13ClN2O. The Bertz CT molecular complexity index is 404. The van der Waals surface area contributed by atoms with E-state index < -0.39 is 0 Å². The van der Waals surface area contributed by atoms with Crippen molar-refractivity contribution in [2.45, 2.75) is 11.9 Å². The van der Waals surface area contributed by atoms with Gasteiger partial charge in [-0.05, 0) is 31.3 Å². The fourth-order valence-electron chi connectivity index (χ4n) is 1.70. The first-order chi connectivity index (χ1) is 7.08. The minimum Gasteiger partial charge on any atom is -0.326 e. The van der Waals surface area contributed by atoms with Gasteiger partial charge in [0.15, 0.2) is 0 Å². The van der Waals surface area contributed by atoms with Gasteiger partial charge < -0.3 is 5.32 Å². The third-order valence-electron chi connectivity index (χ3n) is 2.48. The van der Waals surface area contributed by atoms with Gasteiger partial charge in [0.25, 0.3) is 0 Å². The number of fused-ring (bicyclic) bond motifs is 1. The lowest BCUT2D eigenvalue weighted by Crippen LogP contribution is -2.14. The number of alkyl halides is 1. The maximum Gasteiger partial charge on any atom is 0.228 e. The number of hydrogen-bond donors (Lipinski definition) is 1. The molecule has 0 spiro atoms. The Hall–Kier alpha value is -1.06. The standard InChI is InChI=1S/C11H13ClN2O/c1-14(2)11(12)7-3-4-9-8(5-7)6-10(15)13-9/h3-5,11H,6H2,1-2H3,(H,13,15). The Morgan fingerprint density at radius 3 is 2.87 bits per heavy atom. The van der Waals surface area contributed by atoms with Crippen molar-refractivity contribution < 1.29 is 4.79 Å². The van der Waals surface area contributed by atoms with Crippen molar-refractivity contribution in [1.29, 1.82) is 0 Å². The van der Waals surface area contributed by atoms with E-state index in [-0.39, 0.29) is 11.4 Å². The lowest BCUT2D eigenvalue weighted by atomic mass is 10.1. The van der Waals surface area contributed by atoms with Gasteiger partial charge >= 0.3 is 0 Å². The molecule has 0 aromatic heterocycles. The molecule has 3 nitrogen and oxygen atoms in total. The molecule has 0 radical (unpaired) electrons. The van der Waals surface area contributed by atoms with Crippen LogP contribution < -0.4 is 5.32 Å². The van der Waals surface area contributed by atoms with Crippen LogP contribution in [0.25, 0.3) is 0 Å². The van der Waals surface area contributed by atoms with E-state index >= 15 is 0 Å². The van der Waals surface area contributed by atoms with Crippen molar-refractivity contribution in [3.8, 4) is 0 Å². The maximum absolute atomic E-state index is 11.2. The van der Waals surface area contributed by atoms with Crippen LogP contribution in [0.3, 0.4) is 0 Å². The summed E-state index contributed by atoms with van der Waals surface area (Å²) >= 11 is 6.20. The van der Waals surface area contributed by atoms with E-state index in [0.717, 1.165) is 16.8 Å². The highest BCUT2D eigenvalue weighted by molar-refractivity contribution is 6.20. The van der Waals surface area contributed by atoms with Crippen molar-refractivity contribution >= 4 is 23.2 Å². The fourth-order valence-corrected chi connectivity index (χ4v) is 1.83. The number of amides is 1. The highest BCUT2D eigenvalue weighted by Crippen LogP contribution is 2.29. The minimum absolute atomic E-state index is 0.0538. The average Bonchev–Trinajstić information content (AvgIpc) is 2.55. The first kappa shape index (κ1) is 10.5. The lowest BCUT2D eigenvalue weighted by molar-refractivity contribution is -0.115. The first-order valence-electron chi connectivity index (χ1n) is 4.81. The van der Waals surface area contributed by atoms with Gasteiger partial charge in [0, 0.05) is 5.69 Å². The highest BCUT2D eigenvalue weighted by Gasteiger charge is 2.19. The van der Waals surface area contributed by atoms with Crippen molar-refractivity contribution in [3.63, 3.8) is 0 Å². The van der Waals surface area contributed by atoms with Gasteiger partial charge in [0.2, 0.25) is 5.91 Å². The molecule has 15 heavy (non-hydrogen) atoms. The topological polar surface area (TPSA) is 32.3 Å². The lowest BCUT2D eigenvalue weighted by Gasteiger charge is -2.18. The van der Waals surface area contributed by atoms with E-state index in [1.807, 2.05) is 37.2 Å². The zero-order chi connectivity index (χ0) is 11.0. The van der Waals surface area contributed by atoms with Crippen LogP contribution in [0.4, 0.5) is 5.69 Å². The Balaban J connectivity index is 2.31. The first-order valence-corrected chi connectivity index (χ1v) is 5.25. The number of rotatable bonds is 2. The molecule has 1 unspecified atom stereocenters. The van der Waals surface area contributed by atoms with Gasteiger partial charge in [-0.2, -0.15) is 0 Å². The molecule has 80 valence electrons. The summed E-state index contributed by atoms with van der Waals surface area (Å²) < 4.78 is 0. The van der Waals surface area contributed by atoms with E-state index in [0.29, 0.717) is 6.42 Å². The molecule has 0 saturated heterocycles. The molecule has 0 aliphatic carbocycles. The Labute approximate surface area is 94.0 Å². The molecule has 1 amide bonds. The van der Waals surface area contributed by atoms with Crippen LogP contribution in [-0.4, -0.2) is 24.9 Å². The van der Waals surface area contributed by atoms with Crippen LogP contribution in [0, 0.1) is 0 Å². The second-order valence-electron chi connectivity index (χ2n) is 3.94. The zero-order valence-electron chi connectivity index (χ0n) is 8.75. The number of carbonyl (C=O) groups is 1. The van der Waals surface area contributed by atoms with Gasteiger partial charge in [-0.25, -0.2) is 0 Å². The normalized spacial score (nSPS) is 16.4. The van der Waals surface area contributed by atoms with Gasteiger partial charge in [0.1, 0.15) is 5.50 Å². The van der Waals surface area contributed by atoms with Crippen LogP contribution in [0.15, 0.2) is 18.2 Å². The summed E-state index contributed by atoms with van der Waals surface area (Å²) in [4.78, 5) is 13.1. The van der Waals surface area contributed by atoms with E-state index in [1.165, 1.54) is 0 Å². The molecule has 0 fully saturated rings. The monoisotopic (exact) mass is 224 g/mol. The van der Waals surface area contributed by atoms with Crippen molar-refractivity contribution in [3.05, 3.63) is 29.3 Å². The quantitative estimate of drug-likeness (QED) is 0.616. The number of carbonyl (C=O) groups excluding carboxylic acids is 1. The summed E-state index contributed by atoms with van der Waals surface area (Å²) in [5.74, 6) is 0.0538. The van der Waals surface area contributed by atoms with Crippen molar-refractivity contribution in [1.82, 2.24) is 4.90 Å². The van der Waals surface area contributed by atoms with Crippen molar-refractivity contribution in [2.24, 2.45) is 0 Å². The Morgan fingerprint density at radius 1 is 1.47 bits per heavy atom. The predicted octanol–water partition coefficient (Wildman–Crippen LogP) is 1.98. The Morgan fingerprint density at radius 2 is 2.20 bits per heavy atom. The third kappa shape index (κ3) is 1.98. The molecule has 4 heteroatoms.